The van der Waals surface area contributed by atoms with Crippen LogP contribution >= 0.6 is 0 Å². The minimum Gasteiger partial charge on any atom is -0.376 e. The Bertz CT molecular complexity index is 354. The van der Waals surface area contributed by atoms with Crippen LogP contribution in [0, 0.1) is 0 Å². The molecular weight excluding hydrogens is 240 g/mol. The minimum atomic E-state index is 0.257. The van der Waals surface area contributed by atoms with Gasteiger partial charge in [-0.25, -0.2) is 0 Å². The lowest BCUT2D eigenvalue weighted by Gasteiger charge is -2.10. The van der Waals surface area contributed by atoms with Crippen molar-refractivity contribution >= 4 is 0 Å². The normalized spacial score (nSPS) is 11.5. The van der Waals surface area contributed by atoms with E-state index in [2.05, 4.69) is 24.1 Å². The maximum absolute atomic E-state index is 5.54. The Kier molecular flexibility index (Phi) is 7.63. The molecular formula is C15H26N2O2. The smallest absolute Gasteiger partial charge is 0.0889 e. The molecule has 19 heavy (non-hydrogen) atoms. The summed E-state index contributed by atoms with van der Waals surface area (Å²) in [6, 6.07) is 6.51. The van der Waals surface area contributed by atoms with E-state index in [0.717, 1.165) is 17.9 Å². The zero-order chi connectivity index (χ0) is 14.1. The summed E-state index contributed by atoms with van der Waals surface area (Å²) in [5, 5.41) is 3.35. The minimum absolute atomic E-state index is 0.257. The van der Waals surface area contributed by atoms with Crippen LogP contribution in [0.5, 0.6) is 0 Å². The molecule has 1 heterocycles. The number of pyridine rings is 1. The van der Waals surface area contributed by atoms with Gasteiger partial charge in [-0.1, -0.05) is 19.9 Å². The molecule has 0 radical (unpaired) electrons. The van der Waals surface area contributed by atoms with Crippen molar-refractivity contribution in [3.8, 4) is 0 Å². The quantitative estimate of drug-likeness (QED) is 0.698. The van der Waals surface area contributed by atoms with Crippen LogP contribution in [0.4, 0.5) is 0 Å². The van der Waals surface area contributed by atoms with Crippen molar-refractivity contribution in [1.29, 1.82) is 0 Å². The summed E-state index contributed by atoms with van der Waals surface area (Å²) in [6.07, 6.45) is 0.257. The van der Waals surface area contributed by atoms with Gasteiger partial charge in [0.2, 0.25) is 0 Å². The van der Waals surface area contributed by atoms with Crippen molar-refractivity contribution in [3.05, 3.63) is 29.6 Å². The number of nitrogens with zero attached hydrogens (tertiary/aromatic N) is 1. The lowest BCUT2D eigenvalue weighted by molar-refractivity contribution is 0.0135. The van der Waals surface area contributed by atoms with Gasteiger partial charge in [0, 0.05) is 12.6 Å². The molecule has 0 spiro atoms. The van der Waals surface area contributed by atoms with Gasteiger partial charge >= 0.3 is 0 Å². The fourth-order valence-corrected chi connectivity index (χ4v) is 1.54. The summed E-state index contributed by atoms with van der Waals surface area (Å²) < 4.78 is 11.0. The Morgan fingerprint density at radius 1 is 1.11 bits per heavy atom. The zero-order valence-corrected chi connectivity index (χ0v) is 12.5. The van der Waals surface area contributed by atoms with Gasteiger partial charge in [-0.3, -0.25) is 4.98 Å². The average molecular weight is 266 g/mol. The number of rotatable bonds is 9. The molecule has 0 aliphatic rings. The lowest BCUT2D eigenvalue weighted by Crippen LogP contribution is -2.22. The second-order valence-electron chi connectivity index (χ2n) is 5.13. The number of hydrogen-bond acceptors (Lipinski definition) is 4. The van der Waals surface area contributed by atoms with Crippen LogP contribution < -0.4 is 5.32 Å². The first-order valence-corrected chi connectivity index (χ1v) is 6.95. The second kappa shape index (κ2) is 9.02. The van der Waals surface area contributed by atoms with Crippen LogP contribution in [0.1, 0.15) is 39.1 Å². The summed E-state index contributed by atoms with van der Waals surface area (Å²) in [4.78, 5) is 4.55. The number of aromatic nitrogens is 1. The van der Waals surface area contributed by atoms with Gasteiger partial charge in [0.1, 0.15) is 0 Å². The Morgan fingerprint density at radius 2 is 1.84 bits per heavy atom. The highest BCUT2D eigenvalue weighted by molar-refractivity contribution is 5.10. The average Bonchev–Trinajstić information content (AvgIpc) is 2.36. The van der Waals surface area contributed by atoms with Crippen LogP contribution in [0.3, 0.4) is 0 Å². The first-order valence-electron chi connectivity index (χ1n) is 6.95. The molecule has 4 nitrogen and oxygen atoms in total. The topological polar surface area (TPSA) is 43.4 Å². The molecule has 0 bridgehead atoms. The van der Waals surface area contributed by atoms with E-state index >= 15 is 0 Å². The first kappa shape index (κ1) is 16.1. The third kappa shape index (κ3) is 7.93. The van der Waals surface area contributed by atoms with Crippen molar-refractivity contribution < 1.29 is 9.47 Å². The molecule has 0 amide bonds. The molecule has 0 aliphatic carbocycles. The van der Waals surface area contributed by atoms with Crippen molar-refractivity contribution in [2.75, 3.05) is 13.2 Å². The molecule has 4 heteroatoms. The Balaban J connectivity index is 2.27. The monoisotopic (exact) mass is 266 g/mol. The van der Waals surface area contributed by atoms with Crippen molar-refractivity contribution in [2.45, 2.75) is 53.0 Å². The van der Waals surface area contributed by atoms with E-state index in [0.29, 0.717) is 25.9 Å². The molecule has 1 aromatic rings. The molecule has 1 N–H and O–H groups in total. The Labute approximate surface area is 116 Å². The van der Waals surface area contributed by atoms with Gasteiger partial charge in [0.05, 0.1) is 37.3 Å². The second-order valence-corrected chi connectivity index (χ2v) is 5.13. The summed E-state index contributed by atoms with van der Waals surface area (Å²) >= 11 is 0. The van der Waals surface area contributed by atoms with E-state index < -0.39 is 0 Å². The fourth-order valence-electron chi connectivity index (χ4n) is 1.54. The maximum atomic E-state index is 5.54. The molecule has 0 saturated heterocycles. The largest absolute Gasteiger partial charge is 0.376 e. The predicted molar refractivity (Wildman–Crippen MR) is 77.0 cm³/mol. The SMILES string of the molecule is CC(C)NCc1cccc(COCCOC(C)C)n1. The highest BCUT2D eigenvalue weighted by Gasteiger charge is 2.00. The summed E-state index contributed by atoms with van der Waals surface area (Å²) in [6.45, 7) is 10.9. The summed E-state index contributed by atoms with van der Waals surface area (Å²) in [5.74, 6) is 0. The van der Waals surface area contributed by atoms with Gasteiger partial charge in [-0.2, -0.15) is 0 Å². The van der Waals surface area contributed by atoms with E-state index in [4.69, 9.17) is 9.47 Å². The van der Waals surface area contributed by atoms with Crippen molar-refractivity contribution in [2.24, 2.45) is 0 Å². The zero-order valence-electron chi connectivity index (χ0n) is 12.5. The van der Waals surface area contributed by atoms with E-state index in [1.807, 2.05) is 32.0 Å². The standard InChI is InChI=1S/C15H26N2O2/c1-12(2)16-10-14-6-5-7-15(17-14)11-18-8-9-19-13(3)4/h5-7,12-13,16H,8-11H2,1-4H3. The van der Waals surface area contributed by atoms with Crippen LogP contribution in [-0.4, -0.2) is 30.3 Å². The van der Waals surface area contributed by atoms with Crippen molar-refractivity contribution in [3.63, 3.8) is 0 Å². The van der Waals surface area contributed by atoms with Crippen LogP contribution in [-0.2, 0) is 22.6 Å². The molecule has 1 aromatic heterocycles. The molecule has 0 aliphatic heterocycles. The van der Waals surface area contributed by atoms with Gasteiger partial charge < -0.3 is 14.8 Å². The Hall–Kier alpha value is -0.970. The van der Waals surface area contributed by atoms with Crippen LogP contribution in [0.2, 0.25) is 0 Å². The summed E-state index contributed by atoms with van der Waals surface area (Å²) in [5.41, 5.74) is 2.01. The lowest BCUT2D eigenvalue weighted by atomic mass is 10.3. The Morgan fingerprint density at radius 3 is 2.53 bits per heavy atom. The van der Waals surface area contributed by atoms with Gasteiger partial charge in [-0.05, 0) is 26.0 Å². The number of hydrogen-bond donors (Lipinski definition) is 1. The maximum Gasteiger partial charge on any atom is 0.0889 e. The molecule has 0 atom stereocenters. The number of ether oxygens (including phenoxy) is 2. The molecule has 108 valence electrons. The van der Waals surface area contributed by atoms with E-state index in [-0.39, 0.29) is 6.10 Å². The van der Waals surface area contributed by atoms with Crippen LogP contribution in [0.15, 0.2) is 18.2 Å². The van der Waals surface area contributed by atoms with Crippen molar-refractivity contribution in [1.82, 2.24) is 10.3 Å². The molecule has 0 aromatic carbocycles. The first-order chi connectivity index (χ1) is 9.08. The van der Waals surface area contributed by atoms with Gasteiger partial charge in [0.25, 0.3) is 0 Å². The molecule has 0 saturated carbocycles. The highest BCUT2D eigenvalue weighted by Crippen LogP contribution is 2.02. The molecule has 0 unspecified atom stereocenters. The van der Waals surface area contributed by atoms with Crippen LogP contribution in [0.25, 0.3) is 0 Å². The predicted octanol–water partition coefficient (Wildman–Crippen LogP) is 2.52. The molecule has 1 rings (SSSR count). The van der Waals surface area contributed by atoms with E-state index in [1.165, 1.54) is 0 Å². The van der Waals surface area contributed by atoms with Gasteiger partial charge in [-0.15, -0.1) is 0 Å². The number of nitrogens with one attached hydrogen (secondary N) is 1. The van der Waals surface area contributed by atoms with E-state index in [1.54, 1.807) is 0 Å². The molecule has 0 fully saturated rings. The fraction of sp³-hybridized carbons (Fsp3) is 0.667. The summed E-state index contributed by atoms with van der Waals surface area (Å²) in [7, 11) is 0. The third-order valence-electron chi connectivity index (χ3n) is 2.48. The van der Waals surface area contributed by atoms with E-state index in [9.17, 15) is 0 Å². The third-order valence-corrected chi connectivity index (χ3v) is 2.48. The highest BCUT2D eigenvalue weighted by atomic mass is 16.5. The van der Waals surface area contributed by atoms with Gasteiger partial charge in [0.15, 0.2) is 0 Å².